The van der Waals surface area contributed by atoms with Crippen LogP contribution in [0.5, 0.6) is 0 Å². The Morgan fingerprint density at radius 3 is 1.21 bits per heavy atom. The summed E-state index contributed by atoms with van der Waals surface area (Å²) in [5.74, 6) is -0.0921. The normalized spacial score (nSPS) is 12.9. The van der Waals surface area contributed by atoms with Crippen molar-refractivity contribution in [3.05, 3.63) is 36.5 Å². The number of hydrogen-bond donors (Lipinski definition) is 3. The number of esters is 1. The Bertz CT molecular complexity index is 993. The zero-order valence-corrected chi connectivity index (χ0v) is 40.6. The molecule has 0 fully saturated rings. The molecule has 0 aromatic rings. The minimum absolute atomic E-state index is 0.0125. The topological polar surface area (TPSA) is 95.9 Å². The van der Waals surface area contributed by atoms with Crippen molar-refractivity contribution >= 4 is 11.9 Å². The Morgan fingerprint density at radius 2 is 0.803 bits per heavy atom. The lowest BCUT2D eigenvalue weighted by Gasteiger charge is -2.20. The van der Waals surface area contributed by atoms with E-state index in [2.05, 4.69) is 43.5 Å². The molecule has 0 spiro atoms. The first-order valence-corrected chi connectivity index (χ1v) is 26.8. The fraction of sp³-hybridized carbons (Fsp3) is 0.855. The van der Waals surface area contributed by atoms with Crippen molar-refractivity contribution in [3.8, 4) is 0 Å². The molecule has 0 aromatic heterocycles. The lowest BCUT2D eigenvalue weighted by Crippen LogP contribution is -2.45. The van der Waals surface area contributed by atoms with Gasteiger partial charge in [-0.3, -0.25) is 9.59 Å². The summed E-state index contributed by atoms with van der Waals surface area (Å²) < 4.78 is 5.45. The van der Waals surface area contributed by atoms with E-state index in [-0.39, 0.29) is 18.5 Å². The zero-order valence-electron chi connectivity index (χ0n) is 40.6. The second kappa shape index (κ2) is 50.7. The van der Waals surface area contributed by atoms with Crippen molar-refractivity contribution in [1.82, 2.24) is 5.32 Å². The number of allylic oxidation sites excluding steroid dienone is 5. The Balaban J connectivity index is 3.49. The van der Waals surface area contributed by atoms with Gasteiger partial charge in [0.05, 0.1) is 25.4 Å². The van der Waals surface area contributed by atoms with Gasteiger partial charge in [-0.25, -0.2) is 0 Å². The van der Waals surface area contributed by atoms with E-state index < -0.39 is 12.1 Å². The van der Waals surface area contributed by atoms with Crippen LogP contribution < -0.4 is 5.32 Å². The minimum Gasteiger partial charge on any atom is -0.466 e. The molecule has 0 radical (unpaired) electrons. The third-order valence-corrected chi connectivity index (χ3v) is 12.2. The number of aliphatic hydroxyl groups excluding tert-OH is 2. The third kappa shape index (κ3) is 47.4. The van der Waals surface area contributed by atoms with E-state index in [0.29, 0.717) is 19.4 Å². The molecule has 61 heavy (non-hydrogen) atoms. The average Bonchev–Trinajstić information content (AvgIpc) is 3.26. The number of ether oxygens (including phenoxy) is 1. The smallest absolute Gasteiger partial charge is 0.305 e. The van der Waals surface area contributed by atoms with Crippen LogP contribution in [-0.2, 0) is 14.3 Å². The number of unbranched alkanes of at least 4 members (excludes halogenated alkanes) is 35. The molecule has 0 bridgehead atoms. The van der Waals surface area contributed by atoms with E-state index in [0.717, 1.165) is 77.0 Å². The maximum absolute atomic E-state index is 12.4. The van der Waals surface area contributed by atoms with Gasteiger partial charge in [0.15, 0.2) is 0 Å². The van der Waals surface area contributed by atoms with Crippen molar-refractivity contribution in [2.24, 2.45) is 0 Å². The van der Waals surface area contributed by atoms with E-state index in [1.54, 1.807) is 6.08 Å². The number of rotatable bonds is 49. The Kier molecular flexibility index (Phi) is 49.1. The van der Waals surface area contributed by atoms with Crippen molar-refractivity contribution < 1.29 is 24.5 Å². The summed E-state index contributed by atoms with van der Waals surface area (Å²) in [5, 5.41) is 23.0. The quantitative estimate of drug-likeness (QED) is 0.0245. The molecule has 0 heterocycles. The average molecular weight is 858 g/mol. The molecule has 0 saturated carbocycles. The number of aliphatic hydroxyl groups is 2. The van der Waals surface area contributed by atoms with E-state index >= 15 is 0 Å². The van der Waals surface area contributed by atoms with Crippen LogP contribution in [-0.4, -0.2) is 47.4 Å². The Morgan fingerprint density at radius 1 is 0.459 bits per heavy atom. The maximum Gasteiger partial charge on any atom is 0.305 e. The SMILES string of the molecule is CCCCCCCCCCC/C=C/C(O)C(CO)NC(=O)CCCCCCCCCCCC/C=C\C=C/CCCCCOC(=O)CCCCCCCCCCCCCCCC. The monoisotopic (exact) mass is 858 g/mol. The molecular formula is C55H103NO5. The Hall–Kier alpha value is -1.92. The molecule has 0 aliphatic rings. The predicted molar refractivity (Wildman–Crippen MR) is 264 cm³/mol. The molecule has 2 unspecified atom stereocenters. The predicted octanol–water partition coefficient (Wildman–Crippen LogP) is 16.1. The molecular weight excluding hydrogens is 755 g/mol. The van der Waals surface area contributed by atoms with E-state index in [9.17, 15) is 19.8 Å². The molecule has 0 aliphatic heterocycles. The van der Waals surface area contributed by atoms with Gasteiger partial charge in [-0.15, -0.1) is 0 Å². The van der Waals surface area contributed by atoms with Gasteiger partial charge in [-0.1, -0.05) is 237 Å². The van der Waals surface area contributed by atoms with Crippen LogP contribution in [0.4, 0.5) is 0 Å². The summed E-state index contributed by atoms with van der Waals surface area (Å²) in [5.41, 5.74) is 0. The maximum atomic E-state index is 12.4. The van der Waals surface area contributed by atoms with E-state index in [1.807, 2.05) is 6.08 Å². The third-order valence-electron chi connectivity index (χ3n) is 12.2. The van der Waals surface area contributed by atoms with Gasteiger partial charge in [0, 0.05) is 12.8 Å². The molecule has 6 heteroatoms. The van der Waals surface area contributed by atoms with Crippen LogP contribution in [0.25, 0.3) is 0 Å². The molecule has 0 aromatic carbocycles. The lowest BCUT2D eigenvalue weighted by molar-refractivity contribution is -0.143. The van der Waals surface area contributed by atoms with Gasteiger partial charge in [0.1, 0.15) is 0 Å². The zero-order chi connectivity index (χ0) is 44.4. The van der Waals surface area contributed by atoms with Crippen LogP contribution in [0.1, 0.15) is 277 Å². The number of carbonyl (C=O) groups excluding carboxylic acids is 2. The fourth-order valence-electron chi connectivity index (χ4n) is 8.04. The first-order valence-electron chi connectivity index (χ1n) is 26.8. The highest BCUT2D eigenvalue weighted by molar-refractivity contribution is 5.76. The highest BCUT2D eigenvalue weighted by atomic mass is 16.5. The van der Waals surface area contributed by atoms with Gasteiger partial charge in [0.2, 0.25) is 5.91 Å². The standard InChI is InChI=1S/C55H103NO5/c1-3-5-7-9-11-13-15-16-25-29-33-37-41-45-49-55(60)61-50-46-42-38-34-30-26-23-21-19-17-18-20-22-24-28-32-36-40-44-48-54(59)56-52(51-57)53(58)47-43-39-35-31-27-14-12-10-8-6-4-2/h21,23,26,30,43,47,52-53,57-58H,3-20,22,24-25,27-29,31-42,44-46,48-51H2,1-2H3,(H,56,59)/b23-21-,30-26-,47-43+. The summed E-state index contributed by atoms with van der Waals surface area (Å²) >= 11 is 0. The van der Waals surface area contributed by atoms with Gasteiger partial charge in [0.25, 0.3) is 0 Å². The van der Waals surface area contributed by atoms with Crippen molar-refractivity contribution in [3.63, 3.8) is 0 Å². The van der Waals surface area contributed by atoms with Crippen LogP contribution in [0.15, 0.2) is 36.5 Å². The second-order valence-electron chi connectivity index (χ2n) is 18.2. The van der Waals surface area contributed by atoms with Gasteiger partial charge in [-0.05, 0) is 64.2 Å². The largest absolute Gasteiger partial charge is 0.466 e. The summed E-state index contributed by atoms with van der Waals surface area (Å²) in [6.45, 7) is 4.85. The summed E-state index contributed by atoms with van der Waals surface area (Å²) in [6.07, 6.45) is 61.6. The van der Waals surface area contributed by atoms with Gasteiger partial charge in [-0.2, -0.15) is 0 Å². The van der Waals surface area contributed by atoms with Gasteiger partial charge < -0.3 is 20.3 Å². The van der Waals surface area contributed by atoms with Crippen LogP contribution in [0.3, 0.4) is 0 Å². The molecule has 0 saturated heterocycles. The van der Waals surface area contributed by atoms with Crippen molar-refractivity contribution in [1.29, 1.82) is 0 Å². The molecule has 0 aliphatic carbocycles. The van der Waals surface area contributed by atoms with E-state index in [4.69, 9.17) is 4.74 Å². The molecule has 6 nitrogen and oxygen atoms in total. The highest BCUT2D eigenvalue weighted by Gasteiger charge is 2.18. The summed E-state index contributed by atoms with van der Waals surface area (Å²) in [4.78, 5) is 24.4. The molecule has 0 rings (SSSR count). The first kappa shape index (κ1) is 59.1. The minimum atomic E-state index is -0.849. The number of carbonyl (C=O) groups is 2. The van der Waals surface area contributed by atoms with Crippen molar-refractivity contribution in [2.75, 3.05) is 13.2 Å². The van der Waals surface area contributed by atoms with E-state index in [1.165, 1.54) is 173 Å². The van der Waals surface area contributed by atoms with Crippen molar-refractivity contribution in [2.45, 2.75) is 289 Å². The molecule has 1 amide bonds. The molecule has 2 atom stereocenters. The van der Waals surface area contributed by atoms with Crippen LogP contribution >= 0.6 is 0 Å². The highest BCUT2D eigenvalue weighted by Crippen LogP contribution is 2.16. The first-order chi connectivity index (χ1) is 30.0. The Labute approximate surface area is 379 Å². The lowest BCUT2D eigenvalue weighted by atomic mass is 10.0. The number of nitrogens with one attached hydrogen (secondary N) is 1. The second-order valence-corrected chi connectivity index (χ2v) is 18.2. The number of hydrogen-bond acceptors (Lipinski definition) is 5. The number of amides is 1. The summed E-state index contributed by atoms with van der Waals surface area (Å²) in [6, 6.07) is -0.634. The summed E-state index contributed by atoms with van der Waals surface area (Å²) in [7, 11) is 0. The fourth-order valence-corrected chi connectivity index (χ4v) is 8.04. The van der Waals surface area contributed by atoms with Crippen LogP contribution in [0, 0.1) is 0 Å². The van der Waals surface area contributed by atoms with Crippen LogP contribution in [0.2, 0.25) is 0 Å². The molecule has 3 N–H and O–H groups in total. The van der Waals surface area contributed by atoms with Gasteiger partial charge >= 0.3 is 5.97 Å². The molecule has 358 valence electrons.